The molecule has 4 atom stereocenters. The van der Waals surface area contributed by atoms with Gasteiger partial charge in [0.2, 0.25) is 5.91 Å². The van der Waals surface area contributed by atoms with E-state index in [1.54, 1.807) is 24.3 Å². The largest absolute Gasteiger partial charge is 0.479 e. The van der Waals surface area contributed by atoms with E-state index in [1.165, 1.54) is 36.1 Å². The van der Waals surface area contributed by atoms with Crippen LogP contribution < -0.4 is 0 Å². The van der Waals surface area contributed by atoms with Crippen LogP contribution in [0.15, 0.2) is 84.9 Å². The Labute approximate surface area is 228 Å². The van der Waals surface area contributed by atoms with E-state index in [2.05, 4.69) is 0 Å². The quantitative estimate of drug-likeness (QED) is 0.368. The summed E-state index contributed by atoms with van der Waals surface area (Å²) in [6.45, 7) is 3.43. The Balaban J connectivity index is 1.74. The Morgan fingerprint density at radius 1 is 0.974 bits per heavy atom. The summed E-state index contributed by atoms with van der Waals surface area (Å²) in [6, 6.07) is 21.5. The number of ketones is 1. The van der Waals surface area contributed by atoms with Gasteiger partial charge in [0, 0.05) is 17.4 Å². The second-order valence-corrected chi connectivity index (χ2v) is 10.8. The number of carboxylic acid groups (broad SMARTS) is 1. The monoisotopic (exact) mass is 525 g/mol. The van der Waals surface area contributed by atoms with Crippen LogP contribution in [0.3, 0.4) is 0 Å². The Morgan fingerprint density at radius 3 is 2.26 bits per heavy atom. The van der Waals surface area contributed by atoms with Crippen molar-refractivity contribution in [2.24, 2.45) is 11.8 Å². The van der Waals surface area contributed by atoms with Crippen LogP contribution >= 0.6 is 0 Å². The van der Waals surface area contributed by atoms with Crippen molar-refractivity contribution in [1.82, 2.24) is 4.90 Å². The molecular weight excluding hydrogens is 493 g/mol. The topological polar surface area (TPSA) is 74.7 Å². The van der Waals surface area contributed by atoms with Crippen LogP contribution in [0.2, 0.25) is 0 Å². The summed E-state index contributed by atoms with van der Waals surface area (Å²) >= 11 is 0. The summed E-state index contributed by atoms with van der Waals surface area (Å²) in [5.74, 6) is -4.23. The highest BCUT2D eigenvalue weighted by Gasteiger charge is 2.64. The maximum absolute atomic E-state index is 14.4. The van der Waals surface area contributed by atoms with Crippen molar-refractivity contribution in [3.05, 3.63) is 113 Å². The van der Waals surface area contributed by atoms with E-state index in [0.29, 0.717) is 24.0 Å². The number of hydrogen-bond acceptors (Lipinski definition) is 3. The number of nitrogens with zero attached hydrogens (tertiary/aromatic N) is 1. The number of Topliss-reactive ketones (excluding diaryl/α,β-unsaturated/α-hetero) is 1. The van der Waals surface area contributed by atoms with Gasteiger partial charge >= 0.3 is 5.97 Å². The van der Waals surface area contributed by atoms with Gasteiger partial charge in [0.25, 0.3) is 0 Å². The predicted octanol–water partition coefficient (Wildman–Crippen LogP) is 6.28. The molecule has 0 radical (unpaired) electrons. The lowest BCUT2D eigenvalue weighted by atomic mass is 9.72. The summed E-state index contributed by atoms with van der Waals surface area (Å²) in [6.07, 6.45) is 5.94. The highest BCUT2D eigenvalue weighted by Crippen LogP contribution is 2.52. The molecule has 3 aromatic rings. The molecule has 1 saturated heterocycles. The zero-order valence-electron chi connectivity index (χ0n) is 22.1. The highest BCUT2D eigenvalue weighted by molar-refractivity contribution is 6.02. The third kappa shape index (κ3) is 4.80. The first kappa shape index (κ1) is 26.5. The van der Waals surface area contributed by atoms with E-state index >= 15 is 0 Å². The first-order chi connectivity index (χ1) is 18.7. The molecule has 5 nitrogen and oxygen atoms in total. The normalized spacial score (nSPS) is 25.0. The van der Waals surface area contributed by atoms with Gasteiger partial charge in [-0.05, 0) is 56.0 Å². The fourth-order valence-corrected chi connectivity index (χ4v) is 6.11. The molecule has 1 amide bonds. The van der Waals surface area contributed by atoms with Gasteiger partial charge in [0.15, 0.2) is 5.78 Å². The number of carboxylic acids is 1. The highest BCUT2D eigenvalue weighted by atomic mass is 19.1. The molecular formula is C33H32FNO4. The lowest BCUT2D eigenvalue weighted by Crippen LogP contribution is -2.57. The number of benzene rings is 3. The smallest absolute Gasteiger partial charge is 0.330 e. The van der Waals surface area contributed by atoms with Crippen LogP contribution in [0.5, 0.6) is 0 Å². The third-order valence-corrected chi connectivity index (χ3v) is 8.38. The van der Waals surface area contributed by atoms with Gasteiger partial charge in [-0.25, -0.2) is 9.18 Å². The molecule has 1 N–H and O–H groups in total. The molecule has 0 bridgehead atoms. The Kier molecular flexibility index (Phi) is 7.21. The molecule has 200 valence electrons. The average molecular weight is 526 g/mol. The van der Waals surface area contributed by atoms with Crippen molar-refractivity contribution >= 4 is 23.7 Å². The third-order valence-electron chi connectivity index (χ3n) is 8.38. The number of amides is 1. The minimum Gasteiger partial charge on any atom is -0.479 e. The molecule has 1 heterocycles. The zero-order valence-corrected chi connectivity index (χ0v) is 22.1. The van der Waals surface area contributed by atoms with Crippen molar-refractivity contribution < 1.29 is 23.9 Å². The number of rotatable bonds is 7. The Bertz CT molecular complexity index is 1410. The summed E-state index contributed by atoms with van der Waals surface area (Å²) < 4.78 is 14.0. The summed E-state index contributed by atoms with van der Waals surface area (Å²) in [5.41, 5.74) is 1.00. The average Bonchev–Trinajstić information content (AvgIpc) is 3.16. The molecule has 5 rings (SSSR count). The van der Waals surface area contributed by atoms with E-state index in [0.717, 1.165) is 17.5 Å². The number of likely N-dealkylation sites (tertiary alicyclic amines) is 1. The maximum Gasteiger partial charge on any atom is 0.330 e. The summed E-state index contributed by atoms with van der Waals surface area (Å²) in [5, 5.41) is 10.8. The van der Waals surface area contributed by atoms with Crippen molar-refractivity contribution in [1.29, 1.82) is 0 Å². The van der Waals surface area contributed by atoms with Crippen molar-refractivity contribution in [3.8, 4) is 0 Å². The molecule has 0 aromatic heterocycles. The first-order valence-electron chi connectivity index (χ1n) is 13.4. The maximum atomic E-state index is 14.4. The number of hydrogen-bond donors (Lipinski definition) is 1. The van der Waals surface area contributed by atoms with E-state index in [-0.39, 0.29) is 17.6 Å². The van der Waals surface area contributed by atoms with Gasteiger partial charge in [-0.3, -0.25) is 9.59 Å². The molecule has 2 fully saturated rings. The van der Waals surface area contributed by atoms with Crippen LogP contribution in [-0.4, -0.2) is 39.2 Å². The van der Waals surface area contributed by atoms with Gasteiger partial charge in [0.1, 0.15) is 11.4 Å². The molecule has 6 heteroatoms. The first-order valence-corrected chi connectivity index (χ1v) is 13.4. The standard InChI is InChI=1S/C33H32FNO4/c1-21-8-6-13-25(20-21)30(36)28-27(19-14-22-9-4-3-5-10-22)35(31(37)24-11-7-12-24)33(2,32(38)39)29(28)23-15-17-26(34)18-16-23/h3-6,8-10,13-20,24,27-29H,7,11-12H2,1-2H3,(H,38,39). The number of carbonyl (C=O) groups is 3. The molecule has 39 heavy (non-hydrogen) atoms. The lowest BCUT2D eigenvalue weighted by molar-refractivity contribution is -0.160. The molecule has 1 aliphatic carbocycles. The summed E-state index contributed by atoms with van der Waals surface area (Å²) in [4.78, 5) is 43.0. The molecule has 4 unspecified atom stereocenters. The number of halogens is 1. The fourth-order valence-electron chi connectivity index (χ4n) is 6.11. The van der Waals surface area contributed by atoms with Crippen molar-refractivity contribution in [2.75, 3.05) is 0 Å². The zero-order chi connectivity index (χ0) is 27.7. The van der Waals surface area contributed by atoms with Crippen LogP contribution in [0.25, 0.3) is 6.08 Å². The van der Waals surface area contributed by atoms with Crippen LogP contribution in [-0.2, 0) is 9.59 Å². The molecule has 0 spiro atoms. The van der Waals surface area contributed by atoms with Gasteiger partial charge in [-0.2, -0.15) is 0 Å². The van der Waals surface area contributed by atoms with Crippen LogP contribution in [0.4, 0.5) is 4.39 Å². The Hall–Kier alpha value is -4.06. The molecule has 1 saturated carbocycles. The van der Waals surface area contributed by atoms with Gasteiger partial charge in [-0.15, -0.1) is 0 Å². The van der Waals surface area contributed by atoms with E-state index in [1.807, 2.05) is 49.4 Å². The SMILES string of the molecule is Cc1cccc(C(=O)C2C(C=Cc3ccccc3)N(C(=O)C3CCC3)C(C)(C(=O)O)C2c2ccc(F)cc2)c1. The molecule has 3 aromatic carbocycles. The van der Waals surface area contributed by atoms with Crippen molar-refractivity contribution in [3.63, 3.8) is 0 Å². The van der Waals surface area contributed by atoms with Crippen molar-refractivity contribution in [2.45, 2.75) is 50.6 Å². The predicted molar refractivity (Wildman–Crippen MR) is 148 cm³/mol. The van der Waals surface area contributed by atoms with E-state index in [4.69, 9.17) is 0 Å². The summed E-state index contributed by atoms with van der Waals surface area (Å²) in [7, 11) is 0. The van der Waals surface area contributed by atoms with E-state index in [9.17, 15) is 23.9 Å². The fraction of sp³-hybridized carbons (Fsp3) is 0.303. The molecule has 1 aliphatic heterocycles. The number of carbonyl (C=O) groups excluding carboxylic acids is 2. The van der Waals surface area contributed by atoms with E-state index < -0.39 is 35.2 Å². The minimum atomic E-state index is -1.74. The number of aryl methyl sites for hydroxylation is 1. The van der Waals surface area contributed by atoms with Crippen LogP contribution in [0.1, 0.15) is 59.2 Å². The Morgan fingerprint density at radius 2 is 1.67 bits per heavy atom. The second-order valence-electron chi connectivity index (χ2n) is 10.8. The van der Waals surface area contributed by atoms with Gasteiger partial charge in [-0.1, -0.05) is 84.8 Å². The van der Waals surface area contributed by atoms with Gasteiger partial charge < -0.3 is 10.0 Å². The van der Waals surface area contributed by atoms with Gasteiger partial charge in [0.05, 0.1) is 12.0 Å². The minimum absolute atomic E-state index is 0.243. The number of aliphatic carboxylic acids is 1. The molecule has 2 aliphatic rings. The second kappa shape index (κ2) is 10.6. The van der Waals surface area contributed by atoms with Crippen LogP contribution in [0, 0.1) is 24.6 Å². The lowest BCUT2D eigenvalue weighted by Gasteiger charge is -2.41.